The molecule has 0 aromatic rings. The molecule has 0 aromatic heterocycles. The third-order valence-corrected chi connectivity index (χ3v) is 1.90. The summed E-state index contributed by atoms with van der Waals surface area (Å²) in [6.07, 6.45) is 4.02. The second-order valence-corrected chi connectivity index (χ2v) is 2.90. The van der Waals surface area contributed by atoms with Gasteiger partial charge < -0.3 is 10.3 Å². The van der Waals surface area contributed by atoms with E-state index in [4.69, 9.17) is 5.73 Å². The quantitative estimate of drug-likeness (QED) is 0.677. The van der Waals surface area contributed by atoms with Crippen LogP contribution in [-0.4, -0.2) is 9.55 Å². The van der Waals surface area contributed by atoms with E-state index in [0.717, 1.165) is 17.0 Å². The first kappa shape index (κ1) is 7.31. The van der Waals surface area contributed by atoms with Gasteiger partial charge in [-0.25, -0.2) is 0 Å². The van der Waals surface area contributed by atoms with Crippen LogP contribution in [-0.2, 0) is 13.6 Å². The second kappa shape index (κ2) is 2.60. The Hall–Kier alpha value is -1.35. The summed E-state index contributed by atoms with van der Waals surface area (Å²) in [7, 11) is 1.99. The largest absolute Gasteiger partial charge is 0.357 e. The zero-order chi connectivity index (χ0) is 8.55. The molecule has 3 heteroatoms. The Balaban J connectivity index is 2.60. The summed E-state index contributed by atoms with van der Waals surface area (Å²) in [6.45, 7) is 0.512. The summed E-state index contributed by atoms with van der Waals surface area (Å²) in [5.41, 5.74) is 8.61. The lowest BCUT2D eigenvalue weighted by Crippen LogP contribution is -1.94. The minimum absolute atomic E-state index is 0.512. The molecule has 3 nitrogen and oxygen atoms in total. The maximum atomic E-state index is 5.48. The van der Waals surface area contributed by atoms with Crippen LogP contribution >= 0.6 is 0 Å². The number of fused-ring (bicyclic) bond motifs is 1. The smallest absolute Gasteiger partial charge is 0.0735 e. The van der Waals surface area contributed by atoms with Crippen molar-refractivity contribution in [1.82, 2.24) is 9.55 Å². The van der Waals surface area contributed by atoms with Crippen molar-refractivity contribution in [2.75, 3.05) is 0 Å². The Morgan fingerprint density at radius 2 is 2.42 bits per heavy atom. The average Bonchev–Trinajstić information content (AvgIpc) is 2.46. The topological polar surface area (TPSA) is 43.8 Å². The maximum absolute atomic E-state index is 5.48. The van der Waals surface area contributed by atoms with Crippen LogP contribution in [0.2, 0.25) is 0 Å². The van der Waals surface area contributed by atoms with Gasteiger partial charge in [0.05, 0.1) is 11.4 Å². The number of aromatic nitrogens is 2. The van der Waals surface area contributed by atoms with Gasteiger partial charge in [0.15, 0.2) is 0 Å². The molecule has 0 unspecified atom stereocenters. The van der Waals surface area contributed by atoms with Crippen molar-refractivity contribution in [3.63, 3.8) is 0 Å². The Morgan fingerprint density at radius 3 is 3.17 bits per heavy atom. The van der Waals surface area contributed by atoms with Crippen molar-refractivity contribution in [3.05, 3.63) is 30.2 Å². The highest BCUT2D eigenvalue weighted by molar-refractivity contribution is 5.61. The predicted octanol–water partition coefficient (Wildman–Crippen LogP) is 0.984. The molecule has 0 saturated heterocycles. The highest BCUT2D eigenvalue weighted by Crippen LogP contribution is 2.20. The fraction of sp³-hybridized carbons (Fsp3) is 0.222. The van der Waals surface area contributed by atoms with E-state index in [2.05, 4.69) is 4.98 Å². The molecule has 2 aliphatic rings. The molecule has 62 valence electrons. The van der Waals surface area contributed by atoms with E-state index in [9.17, 15) is 0 Å². The first-order valence-electron chi connectivity index (χ1n) is 3.91. The van der Waals surface area contributed by atoms with E-state index in [-0.39, 0.29) is 0 Å². The second-order valence-electron chi connectivity index (χ2n) is 2.90. The summed E-state index contributed by atoms with van der Waals surface area (Å²) in [5.74, 6) is 0. The van der Waals surface area contributed by atoms with Crippen molar-refractivity contribution in [2.24, 2.45) is 12.8 Å². The van der Waals surface area contributed by atoms with E-state index in [0.29, 0.717) is 6.54 Å². The van der Waals surface area contributed by atoms with Crippen LogP contribution in [0.25, 0.3) is 11.3 Å². The number of hydrogen-bond donors (Lipinski definition) is 1. The summed E-state index contributed by atoms with van der Waals surface area (Å²) in [4.78, 5) is 4.33. The molecule has 2 heterocycles. The maximum Gasteiger partial charge on any atom is 0.0735 e. The van der Waals surface area contributed by atoms with Gasteiger partial charge in [-0.05, 0) is 12.1 Å². The number of rotatable bonds is 1. The van der Waals surface area contributed by atoms with E-state index in [1.54, 1.807) is 0 Å². The molecule has 0 atom stereocenters. The third kappa shape index (κ3) is 1.08. The Morgan fingerprint density at radius 1 is 1.58 bits per heavy atom. The van der Waals surface area contributed by atoms with Crippen LogP contribution in [0.4, 0.5) is 0 Å². The highest BCUT2D eigenvalue weighted by Gasteiger charge is 2.06. The molecule has 0 fully saturated rings. The molecule has 2 aliphatic heterocycles. The van der Waals surface area contributed by atoms with Crippen LogP contribution in [0.1, 0.15) is 5.69 Å². The van der Waals surface area contributed by atoms with Crippen LogP contribution in [0.5, 0.6) is 0 Å². The van der Waals surface area contributed by atoms with Crippen LogP contribution < -0.4 is 5.73 Å². The fourth-order valence-electron chi connectivity index (χ4n) is 1.30. The Labute approximate surface area is 71.2 Å². The molecular formula is C9H11N3. The van der Waals surface area contributed by atoms with Crippen LogP contribution in [0.15, 0.2) is 24.5 Å². The van der Waals surface area contributed by atoms with Gasteiger partial charge in [-0.3, -0.25) is 4.98 Å². The van der Waals surface area contributed by atoms with Gasteiger partial charge in [-0.15, -0.1) is 0 Å². The Bertz CT molecular complexity index is 364. The lowest BCUT2D eigenvalue weighted by molar-refractivity contribution is 0.904. The normalized spacial score (nSPS) is 10.8. The van der Waals surface area contributed by atoms with Crippen molar-refractivity contribution >= 4 is 0 Å². The first-order valence-corrected chi connectivity index (χ1v) is 3.91. The van der Waals surface area contributed by atoms with Crippen LogP contribution in [0, 0.1) is 0 Å². The number of pyridine rings is 1. The van der Waals surface area contributed by atoms with E-state index >= 15 is 0 Å². The van der Waals surface area contributed by atoms with Crippen molar-refractivity contribution in [3.8, 4) is 11.3 Å². The third-order valence-electron chi connectivity index (χ3n) is 1.90. The fourth-order valence-corrected chi connectivity index (χ4v) is 1.30. The minimum atomic E-state index is 0.512. The van der Waals surface area contributed by atoms with Gasteiger partial charge in [0.1, 0.15) is 0 Å². The van der Waals surface area contributed by atoms with Gasteiger partial charge in [0.25, 0.3) is 0 Å². The highest BCUT2D eigenvalue weighted by atomic mass is 14.9. The molecule has 12 heavy (non-hydrogen) atoms. The van der Waals surface area contributed by atoms with Gasteiger partial charge in [-0.1, -0.05) is 0 Å². The molecule has 0 amide bonds. The lowest BCUT2D eigenvalue weighted by atomic mass is 10.2. The predicted molar refractivity (Wildman–Crippen MR) is 47.7 cm³/mol. The van der Waals surface area contributed by atoms with E-state index in [1.165, 1.54) is 0 Å². The molecule has 0 aromatic carbocycles. The summed E-state index contributed by atoms with van der Waals surface area (Å²) in [5, 5.41) is 0. The summed E-state index contributed by atoms with van der Waals surface area (Å²) >= 11 is 0. The summed E-state index contributed by atoms with van der Waals surface area (Å²) < 4.78 is 2.00. The monoisotopic (exact) mass is 161 g/mol. The molecular weight excluding hydrogens is 150 g/mol. The SMILES string of the molecule is Cn1ccc2nc(CN)cc-2c1. The first-order chi connectivity index (χ1) is 5.79. The molecule has 2 N–H and O–H groups in total. The Kier molecular flexibility index (Phi) is 1.59. The number of hydrogen-bond acceptors (Lipinski definition) is 2. The molecule has 2 rings (SSSR count). The van der Waals surface area contributed by atoms with E-state index in [1.807, 2.05) is 36.1 Å². The van der Waals surface area contributed by atoms with Gasteiger partial charge in [0, 0.05) is 31.5 Å². The molecule has 0 aliphatic carbocycles. The number of nitrogens with zero attached hydrogens (tertiary/aromatic N) is 2. The van der Waals surface area contributed by atoms with Gasteiger partial charge >= 0.3 is 0 Å². The molecule has 0 spiro atoms. The van der Waals surface area contributed by atoms with Crippen molar-refractivity contribution in [2.45, 2.75) is 6.54 Å². The number of aryl methyl sites for hydroxylation is 1. The van der Waals surface area contributed by atoms with Crippen molar-refractivity contribution in [1.29, 1.82) is 0 Å². The molecule has 0 radical (unpaired) electrons. The average molecular weight is 161 g/mol. The van der Waals surface area contributed by atoms with Crippen LogP contribution in [0.3, 0.4) is 0 Å². The van der Waals surface area contributed by atoms with Crippen molar-refractivity contribution < 1.29 is 0 Å². The summed E-state index contributed by atoms with van der Waals surface area (Å²) in [6, 6.07) is 4.02. The van der Waals surface area contributed by atoms with Gasteiger partial charge in [-0.2, -0.15) is 0 Å². The number of nitrogens with two attached hydrogens (primary N) is 1. The standard InChI is InChI=1S/C9H11N3/c1-12-3-2-9-7(6-12)4-8(5-10)11-9/h2-4,6H,5,10H2,1H3. The van der Waals surface area contributed by atoms with Gasteiger partial charge in [0.2, 0.25) is 0 Å². The molecule has 0 bridgehead atoms. The lowest BCUT2D eigenvalue weighted by Gasteiger charge is -1.99. The zero-order valence-corrected chi connectivity index (χ0v) is 6.99. The van der Waals surface area contributed by atoms with E-state index < -0.39 is 0 Å². The molecule has 0 saturated carbocycles. The zero-order valence-electron chi connectivity index (χ0n) is 6.99. The minimum Gasteiger partial charge on any atom is -0.357 e.